The van der Waals surface area contributed by atoms with Gasteiger partial charge in [-0.2, -0.15) is 0 Å². The largest absolute Gasteiger partial charge is 0.393 e. The molecule has 0 saturated heterocycles. The standard InChI is InChI=1S/C15H21NO2/c1-11(13-5-3-2-4-6-13)15(18)16-10-12-7-8-14(17)9-12/h2-6,11-12,14,17H,7-10H2,1H3,(H,16,18). The third-order valence-corrected chi connectivity index (χ3v) is 3.77. The molecule has 0 radical (unpaired) electrons. The fourth-order valence-corrected chi connectivity index (χ4v) is 2.53. The summed E-state index contributed by atoms with van der Waals surface area (Å²) in [5, 5.41) is 12.4. The highest BCUT2D eigenvalue weighted by atomic mass is 16.3. The van der Waals surface area contributed by atoms with Gasteiger partial charge in [-0.15, -0.1) is 0 Å². The van der Waals surface area contributed by atoms with Gasteiger partial charge in [0.1, 0.15) is 0 Å². The maximum absolute atomic E-state index is 12.0. The normalized spacial score (nSPS) is 24.8. The van der Waals surface area contributed by atoms with Crippen LogP contribution in [-0.4, -0.2) is 23.7 Å². The summed E-state index contributed by atoms with van der Waals surface area (Å²) in [6.45, 7) is 2.61. The Morgan fingerprint density at radius 1 is 1.39 bits per heavy atom. The van der Waals surface area contributed by atoms with Crippen molar-refractivity contribution in [1.82, 2.24) is 5.32 Å². The van der Waals surface area contributed by atoms with Crippen LogP contribution in [0, 0.1) is 5.92 Å². The van der Waals surface area contributed by atoms with Crippen LogP contribution in [0.25, 0.3) is 0 Å². The Labute approximate surface area is 108 Å². The SMILES string of the molecule is CC(C(=O)NCC1CCC(O)C1)c1ccccc1. The third kappa shape index (κ3) is 3.33. The van der Waals surface area contributed by atoms with Crippen molar-refractivity contribution in [3.05, 3.63) is 35.9 Å². The molecule has 98 valence electrons. The Bertz CT molecular complexity index is 391. The van der Waals surface area contributed by atoms with E-state index in [-0.39, 0.29) is 17.9 Å². The molecule has 0 spiro atoms. The molecule has 0 heterocycles. The highest BCUT2D eigenvalue weighted by Gasteiger charge is 2.24. The molecule has 1 aromatic carbocycles. The van der Waals surface area contributed by atoms with Crippen molar-refractivity contribution in [2.24, 2.45) is 5.92 Å². The molecule has 0 aromatic heterocycles. The van der Waals surface area contributed by atoms with Crippen molar-refractivity contribution < 1.29 is 9.90 Å². The summed E-state index contributed by atoms with van der Waals surface area (Å²) in [5.41, 5.74) is 1.04. The Morgan fingerprint density at radius 3 is 2.72 bits per heavy atom. The van der Waals surface area contributed by atoms with Gasteiger partial charge >= 0.3 is 0 Å². The van der Waals surface area contributed by atoms with Gasteiger partial charge < -0.3 is 10.4 Å². The lowest BCUT2D eigenvalue weighted by atomic mass is 10.00. The van der Waals surface area contributed by atoms with E-state index in [0.717, 1.165) is 24.8 Å². The number of nitrogens with one attached hydrogen (secondary N) is 1. The van der Waals surface area contributed by atoms with E-state index >= 15 is 0 Å². The fourth-order valence-electron chi connectivity index (χ4n) is 2.53. The summed E-state index contributed by atoms with van der Waals surface area (Å²) in [6, 6.07) is 9.81. The maximum Gasteiger partial charge on any atom is 0.227 e. The van der Waals surface area contributed by atoms with Crippen LogP contribution in [0.3, 0.4) is 0 Å². The van der Waals surface area contributed by atoms with E-state index in [1.807, 2.05) is 37.3 Å². The van der Waals surface area contributed by atoms with Crippen LogP contribution >= 0.6 is 0 Å². The predicted molar refractivity (Wildman–Crippen MR) is 71.2 cm³/mol. The third-order valence-electron chi connectivity index (χ3n) is 3.77. The highest BCUT2D eigenvalue weighted by Crippen LogP contribution is 2.24. The molecule has 3 nitrogen and oxygen atoms in total. The number of carbonyl (C=O) groups is 1. The average molecular weight is 247 g/mol. The second-order valence-electron chi connectivity index (χ2n) is 5.21. The summed E-state index contributed by atoms with van der Waals surface area (Å²) in [4.78, 5) is 12.0. The van der Waals surface area contributed by atoms with Gasteiger partial charge in [0.05, 0.1) is 12.0 Å². The zero-order valence-electron chi connectivity index (χ0n) is 10.8. The average Bonchev–Trinajstić information content (AvgIpc) is 2.82. The molecule has 3 unspecified atom stereocenters. The molecule has 0 aliphatic heterocycles. The fraction of sp³-hybridized carbons (Fsp3) is 0.533. The number of carbonyl (C=O) groups excluding carboxylic acids is 1. The van der Waals surface area contributed by atoms with Gasteiger partial charge in [0, 0.05) is 6.54 Å². The molecule has 1 saturated carbocycles. The van der Waals surface area contributed by atoms with E-state index in [1.165, 1.54) is 0 Å². The van der Waals surface area contributed by atoms with E-state index < -0.39 is 0 Å². The minimum Gasteiger partial charge on any atom is -0.393 e. The van der Waals surface area contributed by atoms with Crippen LogP contribution in [0.1, 0.15) is 37.7 Å². The minimum absolute atomic E-state index is 0.0718. The van der Waals surface area contributed by atoms with E-state index in [1.54, 1.807) is 0 Å². The lowest BCUT2D eigenvalue weighted by molar-refractivity contribution is -0.122. The van der Waals surface area contributed by atoms with E-state index in [4.69, 9.17) is 0 Å². The van der Waals surface area contributed by atoms with E-state index in [2.05, 4.69) is 5.32 Å². The summed E-state index contributed by atoms with van der Waals surface area (Å²) in [6.07, 6.45) is 2.54. The number of aliphatic hydroxyl groups is 1. The van der Waals surface area contributed by atoms with Gasteiger partial charge in [0.2, 0.25) is 5.91 Å². The first-order chi connectivity index (χ1) is 8.66. The van der Waals surface area contributed by atoms with Crippen molar-refractivity contribution >= 4 is 5.91 Å². The first-order valence-electron chi connectivity index (χ1n) is 6.67. The Kier molecular flexibility index (Phi) is 4.37. The Hall–Kier alpha value is -1.35. The van der Waals surface area contributed by atoms with Crippen molar-refractivity contribution in [2.75, 3.05) is 6.54 Å². The van der Waals surface area contributed by atoms with Gasteiger partial charge in [0.25, 0.3) is 0 Å². The lowest BCUT2D eigenvalue weighted by Gasteiger charge is -2.15. The summed E-state index contributed by atoms with van der Waals surface area (Å²) >= 11 is 0. The van der Waals surface area contributed by atoms with Crippen LogP contribution < -0.4 is 5.32 Å². The number of rotatable bonds is 4. The number of aliphatic hydroxyl groups excluding tert-OH is 1. The number of hydrogen-bond donors (Lipinski definition) is 2. The van der Waals surface area contributed by atoms with Gasteiger partial charge in [-0.25, -0.2) is 0 Å². The van der Waals surface area contributed by atoms with Crippen LogP contribution in [0.2, 0.25) is 0 Å². The van der Waals surface area contributed by atoms with Crippen molar-refractivity contribution in [3.8, 4) is 0 Å². The molecular weight excluding hydrogens is 226 g/mol. The van der Waals surface area contributed by atoms with Crippen LogP contribution in [0.4, 0.5) is 0 Å². The first-order valence-corrected chi connectivity index (χ1v) is 6.67. The highest BCUT2D eigenvalue weighted by molar-refractivity contribution is 5.83. The first kappa shape index (κ1) is 13.1. The molecule has 0 bridgehead atoms. The zero-order chi connectivity index (χ0) is 13.0. The molecule has 3 atom stereocenters. The molecular formula is C15H21NO2. The number of benzene rings is 1. The van der Waals surface area contributed by atoms with Crippen molar-refractivity contribution in [2.45, 2.75) is 38.2 Å². The summed E-state index contributed by atoms with van der Waals surface area (Å²) in [7, 11) is 0. The van der Waals surface area contributed by atoms with Crippen LogP contribution in [0.15, 0.2) is 30.3 Å². The number of amides is 1. The van der Waals surface area contributed by atoms with Crippen molar-refractivity contribution in [3.63, 3.8) is 0 Å². The molecule has 1 amide bonds. The lowest BCUT2D eigenvalue weighted by Crippen LogP contribution is -2.32. The molecule has 18 heavy (non-hydrogen) atoms. The maximum atomic E-state index is 12.0. The molecule has 1 aromatic rings. The van der Waals surface area contributed by atoms with E-state index in [9.17, 15) is 9.90 Å². The van der Waals surface area contributed by atoms with E-state index in [0.29, 0.717) is 12.5 Å². The summed E-state index contributed by atoms with van der Waals surface area (Å²) < 4.78 is 0. The molecule has 3 heteroatoms. The monoisotopic (exact) mass is 247 g/mol. The molecule has 2 N–H and O–H groups in total. The molecule has 1 aliphatic rings. The van der Waals surface area contributed by atoms with Gasteiger partial charge in [0.15, 0.2) is 0 Å². The van der Waals surface area contributed by atoms with Crippen LogP contribution in [-0.2, 0) is 4.79 Å². The second-order valence-corrected chi connectivity index (χ2v) is 5.21. The Morgan fingerprint density at radius 2 is 2.11 bits per heavy atom. The molecule has 1 aliphatic carbocycles. The van der Waals surface area contributed by atoms with Gasteiger partial charge in [-0.05, 0) is 37.7 Å². The number of hydrogen-bond acceptors (Lipinski definition) is 2. The topological polar surface area (TPSA) is 49.3 Å². The van der Waals surface area contributed by atoms with Crippen LogP contribution in [0.5, 0.6) is 0 Å². The van der Waals surface area contributed by atoms with Gasteiger partial charge in [-0.1, -0.05) is 30.3 Å². The smallest absolute Gasteiger partial charge is 0.227 e. The van der Waals surface area contributed by atoms with Gasteiger partial charge in [-0.3, -0.25) is 4.79 Å². The Balaban J connectivity index is 1.81. The second kappa shape index (κ2) is 6.01. The van der Waals surface area contributed by atoms with Crippen molar-refractivity contribution in [1.29, 1.82) is 0 Å². The molecule has 1 fully saturated rings. The minimum atomic E-state index is -0.168. The predicted octanol–water partition coefficient (Wildman–Crippen LogP) is 2.07. The quantitative estimate of drug-likeness (QED) is 0.855. The molecule has 2 rings (SSSR count). The summed E-state index contributed by atoms with van der Waals surface area (Å²) in [5.74, 6) is 0.395. The zero-order valence-corrected chi connectivity index (χ0v) is 10.8.